The zero-order valence-electron chi connectivity index (χ0n) is 7.05. The van der Waals surface area contributed by atoms with Crippen LogP contribution < -0.4 is 4.72 Å². The lowest BCUT2D eigenvalue weighted by atomic mass is 10.4. The Morgan fingerprint density at radius 3 is 2.91 bits per heavy atom. The average molecular weight is 177 g/mol. The number of esters is 1. The number of rotatable bonds is 6. The summed E-state index contributed by atoms with van der Waals surface area (Å²) in [7, 11) is 0. The Hall–Kier alpha value is -0.220. The molecule has 0 aromatic carbocycles. The summed E-state index contributed by atoms with van der Waals surface area (Å²) in [5.74, 6) is -0.117. The molecule has 0 atom stereocenters. The van der Waals surface area contributed by atoms with Crippen molar-refractivity contribution in [3.63, 3.8) is 0 Å². The van der Waals surface area contributed by atoms with Gasteiger partial charge in [-0.25, -0.2) is 0 Å². The van der Waals surface area contributed by atoms with E-state index in [2.05, 4.69) is 4.72 Å². The maximum absolute atomic E-state index is 10.8. The molecule has 0 rings (SSSR count). The van der Waals surface area contributed by atoms with Gasteiger partial charge in [0.25, 0.3) is 0 Å². The summed E-state index contributed by atoms with van der Waals surface area (Å²) in [6, 6.07) is 0. The van der Waals surface area contributed by atoms with E-state index in [1.165, 1.54) is 11.9 Å². The van der Waals surface area contributed by atoms with Gasteiger partial charge in [-0.15, -0.1) is 0 Å². The summed E-state index contributed by atoms with van der Waals surface area (Å²) in [6.07, 6.45) is 3.28. The van der Waals surface area contributed by atoms with Gasteiger partial charge in [-0.1, -0.05) is 18.9 Å². The highest BCUT2D eigenvalue weighted by atomic mass is 32.2. The Labute approximate surface area is 72.0 Å². The van der Waals surface area contributed by atoms with Crippen molar-refractivity contribution in [3.8, 4) is 0 Å². The van der Waals surface area contributed by atoms with Crippen molar-refractivity contribution in [1.29, 1.82) is 0 Å². The smallest absolute Gasteiger partial charge is 0.307 e. The molecule has 0 aliphatic carbocycles. The number of ether oxygens (including phenoxy) is 1. The lowest BCUT2D eigenvalue weighted by Gasteiger charge is -2.02. The van der Waals surface area contributed by atoms with Crippen LogP contribution in [-0.2, 0) is 9.53 Å². The molecule has 0 spiro atoms. The van der Waals surface area contributed by atoms with Crippen LogP contribution in [0.25, 0.3) is 0 Å². The van der Waals surface area contributed by atoms with Gasteiger partial charge in [0.2, 0.25) is 0 Å². The van der Waals surface area contributed by atoms with E-state index in [4.69, 9.17) is 4.74 Å². The maximum Gasteiger partial charge on any atom is 0.307 e. The van der Waals surface area contributed by atoms with Crippen molar-refractivity contribution in [3.05, 3.63) is 0 Å². The molecule has 0 aliphatic heterocycles. The van der Waals surface area contributed by atoms with E-state index >= 15 is 0 Å². The number of hydrogen-bond acceptors (Lipinski definition) is 4. The molecule has 3 nitrogen and oxygen atoms in total. The predicted octanol–water partition coefficient (Wildman–Crippen LogP) is 1.20. The van der Waals surface area contributed by atoms with E-state index in [1.54, 1.807) is 0 Å². The first kappa shape index (κ1) is 10.8. The molecule has 0 aromatic rings. The first-order valence-corrected chi connectivity index (χ1v) is 4.95. The second-order valence-corrected chi connectivity index (χ2v) is 2.77. The molecule has 0 saturated heterocycles. The molecule has 0 heterocycles. The van der Waals surface area contributed by atoms with Crippen LogP contribution in [0.4, 0.5) is 0 Å². The van der Waals surface area contributed by atoms with Crippen LogP contribution in [0, 0.1) is 0 Å². The topological polar surface area (TPSA) is 38.3 Å². The average Bonchev–Trinajstić information content (AvgIpc) is 2.01. The minimum atomic E-state index is -0.117. The molecule has 0 bridgehead atoms. The van der Waals surface area contributed by atoms with Crippen LogP contribution >= 0.6 is 11.9 Å². The SMILES string of the molecule is CCCOC(=O)CCNSC. The monoisotopic (exact) mass is 177 g/mol. The quantitative estimate of drug-likeness (QED) is 0.376. The Bertz CT molecular complexity index is 109. The van der Waals surface area contributed by atoms with E-state index in [-0.39, 0.29) is 5.97 Å². The molecule has 4 heteroatoms. The predicted molar refractivity (Wildman–Crippen MR) is 47.4 cm³/mol. The normalized spacial score (nSPS) is 9.64. The molecule has 0 aliphatic rings. The molecular formula is C7H15NO2S. The van der Waals surface area contributed by atoms with Crippen molar-refractivity contribution in [2.45, 2.75) is 19.8 Å². The highest BCUT2D eigenvalue weighted by molar-refractivity contribution is 7.96. The second-order valence-electron chi connectivity index (χ2n) is 2.07. The van der Waals surface area contributed by atoms with Gasteiger partial charge in [0, 0.05) is 6.54 Å². The van der Waals surface area contributed by atoms with Gasteiger partial charge in [-0.2, -0.15) is 0 Å². The highest BCUT2D eigenvalue weighted by Gasteiger charge is 1.99. The summed E-state index contributed by atoms with van der Waals surface area (Å²) < 4.78 is 7.82. The molecule has 66 valence electrons. The van der Waals surface area contributed by atoms with Crippen molar-refractivity contribution in [2.24, 2.45) is 0 Å². The number of carbonyl (C=O) groups excluding carboxylic acids is 1. The molecule has 0 aromatic heterocycles. The Balaban J connectivity index is 3.09. The van der Waals surface area contributed by atoms with Gasteiger partial charge in [-0.3, -0.25) is 9.52 Å². The summed E-state index contributed by atoms with van der Waals surface area (Å²) >= 11 is 1.51. The third kappa shape index (κ3) is 7.68. The lowest BCUT2D eigenvalue weighted by Crippen LogP contribution is -2.13. The minimum Gasteiger partial charge on any atom is -0.466 e. The molecule has 0 amide bonds. The Kier molecular flexibility index (Phi) is 7.72. The van der Waals surface area contributed by atoms with Gasteiger partial charge in [-0.05, 0) is 12.7 Å². The Morgan fingerprint density at radius 1 is 1.64 bits per heavy atom. The molecule has 1 N–H and O–H groups in total. The third-order valence-electron chi connectivity index (χ3n) is 1.04. The fourth-order valence-electron chi connectivity index (χ4n) is 0.543. The van der Waals surface area contributed by atoms with Crippen LogP contribution in [0.3, 0.4) is 0 Å². The van der Waals surface area contributed by atoms with Crippen LogP contribution in [0.5, 0.6) is 0 Å². The van der Waals surface area contributed by atoms with Crippen LogP contribution in [0.2, 0.25) is 0 Å². The number of carbonyl (C=O) groups is 1. The third-order valence-corrected chi connectivity index (χ3v) is 1.54. The summed E-state index contributed by atoms with van der Waals surface area (Å²) in [5, 5.41) is 0. The number of nitrogens with one attached hydrogen (secondary N) is 1. The lowest BCUT2D eigenvalue weighted by molar-refractivity contribution is -0.143. The van der Waals surface area contributed by atoms with E-state index < -0.39 is 0 Å². The molecular weight excluding hydrogens is 162 g/mol. The summed E-state index contributed by atoms with van der Waals surface area (Å²) in [4.78, 5) is 10.8. The van der Waals surface area contributed by atoms with Crippen LogP contribution in [0.15, 0.2) is 0 Å². The van der Waals surface area contributed by atoms with Crippen molar-refractivity contribution >= 4 is 17.9 Å². The second kappa shape index (κ2) is 7.88. The van der Waals surface area contributed by atoms with Crippen molar-refractivity contribution in [1.82, 2.24) is 4.72 Å². The van der Waals surface area contributed by atoms with Crippen LogP contribution in [-0.4, -0.2) is 25.4 Å². The van der Waals surface area contributed by atoms with Gasteiger partial charge in [0.1, 0.15) is 0 Å². The van der Waals surface area contributed by atoms with Gasteiger partial charge in [0.15, 0.2) is 0 Å². The largest absolute Gasteiger partial charge is 0.466 e. The highest BCUT2D eigenvalue weighted by Crippen LogP contribution is 1.89. The first-order valence-electron chi connectivity index (χ1n) is 3.72. The Morgan fingerprint density at radius 2 is 2.36 bits per heavy atom. The molecule has 0 radical (unpaired) electrons. The fraction of sp³-hybridized carbons (Fsp3) is 0.857. The van der Waals surface area contributed by atoms with Crippen LogP contribution in [0.1, 0.15) is 19.8 Å². The van der Waals surface area contributed by atoms with Crippen molar-refractivity contribution < 1.29 is 9.53 Å². The van der Waals surface area contributed by atoms with Gasteiger partial charge in [0.05, 0.1) is 13.0 Å². The van der Waals surface area contributed by atoms with E-state index in [1.807, 2.05) is 13.2 Å². The first-order chi connectivity index (χ1) is 5.31. The van der Waals surface area contributed by atoms with Gasteiger partial charge < -0.3 is 4.74 Å². The van der Waals surface area contributed by atoms with E-state index in [9.17, 15) is 4.79 Å². The zero-order valence-corrected chi connectivity index (χ0v) is 7.87. The molecule has 11 heavy (non-hydrogen) atoms. The fourth-order valence-corrected chi connectivity index (χ4v) is 0.849. The number of hydrogen-bond donors (Lipinski definition) is 1. The standard InChI is InChI=1S/C7H15NO2S/c1-3-6-10-7(9)4-5-8-11-2/h8H,3-6H2,1-2H3. The summed E-state index contributed by atoms with van der Waals surface area (Å²) in [5.41, 5.74) is 0. The summed E-state index contributed by atoms with van der Waals surface area (Å²) in [6.45, 7) is 3.20. The maximum atomic E-state index is 10.8. The molecule has 0 saturated carbocycles. The van der Waals surface area contributed by atoms with E-state index in [0.717, 1.165) is 6.42 Å². The molecule has 0 fully saturated rings. The van der Waals surface area contributed by atoms with Crippen molar-refractivity contribution in [2.75, 3.05) is 19.4 Å². The minimum absolute atomic E-state index is 0.117. The van der Waals surface area contributed by atoms with Gasteiger partial charge >= 0.3 is 5.97 Å². The molecule has 0 unspecified atom stereocenters. The van der Waals surface area contributed by atoms with E-state index in [0.29, 0.717) is 19.6 Å². The zero-order chi connectivity index (χ0) is 8.53.